The lowest BCUT2D eigenvalue weighted by Crippen LogP contribution is -2.04. The maximum atomic E-state index is 13.0. The van der Waals surface area contributed by atoms with E-state index in [9.17, 15) is 13.2 Å². The van der Waals surface area contributed by atoms with Gasteiger partial charge in [-0.15, -0.1) is 5.10 Å². The molecule has 9 heteroatoms. The first-order valence-corrected chi connectivity index (χ1v) is 7.59. The first-order chi connectivity index (χ1) is 12.5. The summed E-state index contributed by atoms with van der Waals surface area (Å²) >= 11 is 0. The molecule has 0 atom stereocenters. The zero-order chi connectivity index (χ0) is 18.1. The number of nitrogens with zero attached hydrogens (tertiary/aromatic N) is 5. The number of H-pyrrole nitrogens is 1. The second-order valence-electron chi connectivity index (χ2n) is 5.49. The molecule has 4 aromatic rings. The molecule has 0 unspecified atom stereocenters. The third-order valence-electron chi connectivity index (χ3n) is 3.83. The second kappa shape index (κ2) is 6.10. The Balaban J connectivity index is 1.82. The van der Waals surface area contributed by atoms with Crippen molar-refractivity contribution in [3.8, 4) is 28.3 Å². The maximum absolute atomic E-state index is 13.0. The van der Waals surface area contributed by atoms with E-state index >= 15 is 0 Å². The van der Waals surface area contributed by atoms with Crippen molar-refractivity contribution >= 4 is 0 Å². The van der Waals surface area contributed by atoms with Gasteiger partial charge >= 0.3 is 6.18 Å². The summed E-state index contributed by atoms with van der Waals surface area (Å²) in [6.07, 6.45) is -2.94. The van der Waals surface area contributed by atoms with E-state index in [1.54, 1.807) is 6.07 Å². The molecule has 130 valence electrons. The van der Waals surface area contributed by atoms with Crippen LogP contribution in [0.4, 0.5) is 13.2 Å². The van der Waals surface area contributed by atoms with Crippen molar-refractivity contribution in [3.05, 3.63) is 66.4 Å². The first kappa shape index (κ1) is 16.0. The van der Waals surface area contributed by atoms with Gasteiger partial charge in [-0.1, -0.05) is 30.3 Å². The number of aromatic amines is 1. The summed E-state index contributed by atoms with van der Waals surface area (Å²) in [5.41, 5.74) is 1.23. The van der Waals surface area contributed by atoms with E-state index in [2.05, 4.69) is 25.7 Å². The largest absolute Gasteiger partial charge is 0.416 e. The van der Waals surface area contributed by atoms with Gasteiger partial charge in [0.1, 0.15) is 0 Å². The minimum atomic E-state index is -4.43. The minimum Gasteiger partial charge on any atom is -0.277 e. The van der Waals surface area contributed by atoms with E-state index in [-0.39, 0.29) is 0 Å². The van der Waals surface area contributed by atoms with Crippen LogP contribution in [0.25, 0.3) is 28.3 Å². The van der Waals surface area contributed by atoms with Crippen molar-refractivity contribution in [2.45, 2.75) is 6.18 Å². The topological polar surface area (TPSA) is 72.3 Å². The third-order valence-corrected chi connectivity index (χ3v) is 3.83. The smallest absolute Gasteiger partial charge is 0.277 e. The molecule has 4 rings (SSSR count). The van der Waals surface area contributed by atoms with Crippen molar-refractivity contribution in [2.75, 3.05) is 0 Å². The molecule has 0 aliphatic carbocycles. The van der Waals surface area contributed by atoms with Crippen LogP contribution in [0.5, 0.6) is 0 Å². The fourth-order valence-electron chi connectivity index (χ4n) is 2.62. The highest BCUT2D eigenvalue weighted by atomic mass is 19.4. The molecule has 1 N–H and O–H groups in total. The van der Waals surface area contributed by atoms with Crippen LogP contribution in [0, 0.1) is 0 Å². The summed E-state index contributed by atoms with van der Waals surface area (Å²) < 4.78 is 40.5. The van der Waals surface area contributed by atoms with Crippen LogP contribution < -0.4 is 0 Å². The number of benzene rings is 2. The van der Waals surface area contributed by atoms with Crippen molar-refractivity contribution in [1.82, 2.24) is 30.4 Å². The van der Waals surface area contributed by atoms with E-state index < -0.39 is 11.7 Å². The molecular formula is C17H11F3N6. The average Bonchev–Trinajstić information content (AvgIpc) is 3.31. The summed E-state index contributed by atoms with van der Waals surface area (Å²) in [4.78, 5) is 0. The fraction of sp³-hybridized carbons (Fsp3) is 0.0588. The Bertz CT molecular complexity index is 1040. The van der Waals surface area contributed by atoms with E-state index in [0.29, 0.717) is 22.6 Å². The monoisotopic (exact) mass is 356 g/mol. The van der Waals surface area contributed by atoms with Gasteiger partial charge in [-0.3, -0.25) is 5.10 Å². The lowest BCUT2D eigenvalue weighted by Gasteiger charge is -2.09. The molecule has 0 amide bonds. The van der Waals surface area contributed by atoms with Gasteiger partial charge in [0.05, 0.1) is 28.7 Å². The van der Waals surface area contributed by atoms with E-state index in [1.807, 2.05) is 30.3 Å². The third kappa shape index (κ3) is 2.83. The number of halogens is 3. The highest BCUT2D eigenvalue weighted by Crippen LogP contribution is 2.34. The standard InChI is InChI=1S/C17H11F3N6/c18-17(19,20)12-6-4-5-11(9-12)15-14(10-21-22-15)16-23-24-25-26(16)13-7-2-1-3-8-13/h1-10H,(H,21,22). The molecule has 0 radical (unpaired) electrons. The van der Waals surface area contributed by atoms with Crippen LogP contribution >= 0.6 is 0 Å². The SMILES string of the molecule is FC(F)(F)c1cccc(-c2[nH]ncc2-c2nnnn2-c2ccccc2)c1. The molecule has 0 aliphatic rings. The molecule has 0 aliphatic heterocycles. The highest BCUT2D eigenvalue weighted by Gasteiger charge is 2.31. The normalized spacial score (nSPS) is 11.7. The number of tetrazole rings is 1. The van der Waals surface area contributed by atoms with Gasteiger partial charge in [0.25, 0.3) is 0 Å². The lowest BCUT2D eigenvalue weighted by molar-refractivity contribution is -0.137. The Morgan fingerprint density at radius 2 is 1.77 bits per heavy atom. The number of rotatable bonds is 3. The van der Waals surface area contributed by atoms with Gasteiger partial charge in [0.2, 0.25) is 0 Å². The van der Waals surface area contributed by atoms with E-state index in [1.165, 1.54) is 16.9 Å². The second-order valence-corrected chi connectivity index (χ2v) is 5.49. The van der Waals surface area contributed by atoms with E-state index in [0.717, 1.165) is 17.8 Å². The van der Waals surface area contributed by atoms with Crippen LogP contribution in [0.15, 0.2) is 60.8 Å². The van der Waals surface area contributed by atoms with Crippen molar-refractivity contribution < 1.29 is 13.2 Å². The predicted octanol–water partition coefficient (Wildman–Crippen LogP) is 3.74. The van der Waals surface area contributed by atoms with Crippen molar-refractivity contribution in [2.24, 2.45) is 0 Å². The molecule has 6 nitrogen and oxygen atoms in total. The molecular weight excluding hydrogens is 345 g/mol. The van der Waals surface area contributed by atoms with Crippen LogP contribution in [0.3, 0.4) is 0 Å². The lowest BCUT2D eigenvalue weighted by atomic mass is 10.0. The van der Waals surface area contributed by atoms with E-state index in [4.69, 9.17) is 0 Å². The summed E-state index contributed by atoms with van der Waals surface area (Å²) in [6.45, 7) is 0. The zero-order valence-corrected chi connectivity index (χ0v) is 13.1. The average molecular weight is 356 g/mol. The summed E-state index contributed by atoms with van der Waals surface area (Å²) in [6, 6.07) is 14.2. The van der Waals surface area contributed by atoms with Crippen LogP contribution in [0.2, 0.25) is 0 Å². The van der Waals surface area contributed by atoms with Gasteiger partial charge in [-0.2, -0.15) is 23.0 Å². The van der Waals surface area contributed by atoms with Gasteiger partial charge in [-0.05, 0) is 34.7 Å². The Hall–Kier alpha value is -3.49. The molecule has 2 heterocycles. The number of nitrogens with one attached hydrogen (secondary N) is 1. The van der Waals surface area contributed by atoms with Crippen molar-refractivity contribution in [1.29, 1.82) is 0 Å². The number of hydrogen-bond donors (Lipinski definition) is 1. The van der Waals surface area contributed by atoms with Crippen LogP contribution in [-0.2, 0) is 6.18 Å². The maximum Gasteiger partial charge on any atom is 0.416 e. The predicted molar refractivity (Wildman–Crippen MR) is 87.2 cm³/mol. The Kier molecular flexibility index (Phi) is 3.76. The minimum absolute atomic E-state index is 0.343. The Morgan fingerprint density at radius 1 is 0.962 bits per heavy atom. The molecule has 26 heavy (non-hydrogen) atoms. The molecule has 0 spiro atoms. The van der Waals surface area contributed by atoms with Gasteiger partial charge in [-0.25, -0.2) is 0 Å². The fourth-order valence-corrected chi connectivity index (χ4v) is 2.62. The molecule has 2 aromatic heterocycles. The molecule has 0 bridgehead atoms. The number of alkyl halides is 3. The van der Waals surface area contributed by atoms with Gasteiger partial charge in [0.15, 0.2) is 5.82 Å². The number of para-hydroxylation sites is 1. The summed E-state index contributed by atoms with van der Waals surface area (Å²) in [7, 11) is 0. The first-order valence-electron chi connectivity index (χ1n) is 7.59. The quantitative estimate of drug-likeness (QED) is 0.607. The van der Waals surface area contributed by atoms with Crippen LogP contribution in [0.1, 0.15) is 5.56 Å². The van der Waals surface area contributed by atoms with Gasteiger partial charge in [0, 0.05) is 5.56 Å². The summed E-state index contributed by atoms with van der Waals surface area (Å²) in [5, 5.41) is 18.4. The molecule has 0 saturated heterocycles. The highest BCUT2D eigenvalue weighted by molar-refractivity contribution is 5.77. The zero-order valence-electron chi connectivity index (χ0n) is 13.1. The van der Waals surface area contributed by atoms with Crippen LogP contribution in [-0.4, -0.2) is 30.4 Å². The van der Waals surface area contributed by atoms with Gasteiger partial charge < -0.3 is 0 Å². The molecule has 2 aromatic carbocycles. The Labute approximate surface area is 145 Å². The summed E-state index contributed by atoms with van der Waals surface area (Å²) in [5.74, 6) is 0.373. The number of aromatic nitrogens is 6. The number of hydrogen-bond acceptors (Lipinski definition) is 4. The Morgan fingerprint density at radius 3 is 2.54 bits per heavy atom. The van der Waals surface area contributed by atoms with Crippen molar-refractivity contribution in [3.63, 3.8) is 0 Å². The molecule has 0 saturated carbocycles. The molecule has 0 fully saturated rings.